The van der Waals surface area contributed by atoms with Crippen molar-refractivity contribution in [2.24, 2.45) is 0 Å². The summed E-state index contributed by atoms with van der Waals surface area (Å²) < 4.78 is 34.1. The first kappa shape index (κ1) is 60.1. The molecule has 0 fully saturated rings. The predicted molar refractivity (Wildman–Crippen MR) is 263 cm³/mol. The number of phosphoric ester groups is 1. The second-order valence-corrected chi connectivity index (χ2v) is 17.5. The molecule has 11 nitrogen and oxygen atoms in total. The van der Waals surface area contributed by atoms with Crippen LogP contribution in [0, 0.1) is 0 Å². The highest BCUT2D eigenvalue weighted by atomic mass is 31.2. The number of aliphatic hydroxyl groups excluding tert-OH is 2. The normalized spacial score (nSPS) is 15.7. The van der Waals surface area contributed by atoms with E-state index in [1.165, 1.54) is 25.7 Å². The standard InChI is InChI=1S/C52H82NO10P/c1-6-8-10-11-12-13-14-15-16-17-18-19-20-21-22-23-27-30-36-42-51(56)60-46-50(47-62-64(58,59)61-45-44-53(3,4)5)63-52(57)43-37-31-35-41-49(55)40-34-29-26-24-25-28-33-39-48(54)38-32-9-7-2/h9,12-13,15-16,18-19,21-22,25-30,32-35,39-41,48-50,54-55H,6-8,10-11,14,17,20,23-24,31,36-38,42-47H2,1-5H3/p+1/b13-12-,16-15-,19-18-,22-21-,28-25-,29-26-,30-27-,32-9-,39-33+,40-34+,41-35-/t48-,49-,50+/m0/s1. The zero-order valence-electron chi connectivity index (χ0n) is 39.7. The first-order chi connectivity index (χ1) is 30.8. The van der Waals surface area contributed by atoms with Gasteiger partial charge in [-0.2, -0.15) is 0 Å². The number of likely N-dealkylation sites (N-methyl/N-ethyl adjacent to an activating group) is 1. The van der Waals surface area contributed by atoms with Gasteiger partial charge in [-0.3, -0.25) is 18.6 Å². The van der Waals surface area contributed by atoms with Gasteiger partial charge in [0.2, 0.25) is 0 Å². The number of carbonyl (C=O) groups is 2. The molecular weight excluding hydrogens is 830 g/mol. The van der Waals surface area contributed by atoms with Gasteiger partial charge in [0.15, 0.2) is 6.10 Å². The van der Waals surface area contributed by atoms with Crippen molar-refractivity contribution in [3.05, 3.63) is 134 Å². The Hall–Kier alpha value is -3.93. The Bertz CT molecular complexity index is 1580. The molecule has 12 heteroatoms. The van der Waals surface area contributed by atoms with Crippen LogP contribution in [0.2, 0.25) is 0 Å². The number of quaternary nitrogens is 1. The average molecular weight is 913 g/mol. The van der Waals surface area contributed by atoms with Gasteiger partial charge in [0.25, 0.3) is 0 Å². The smallest absolute Gasteiger partial charge is 0.462 e. The zero-order chi connectivity index (χ0) is 47.4. The molecule has 0 spiro atoms. The maximum atomic E-state index is 12.7. The van der Waals surface area contributed by atoms with E-state index in [4.69, 9.17) is 18.5 Å². The SMILES string of the molecule is CC/C=C\C[C@H](O)/C=C/C=C\C/C=C\C=C\[C@H](O)/C=C\CCCC(=O)O[C@H](COC(=O)CC/C=C\C/C=C\C/C=C\C/C=C\C/C=C\CCCCC)COP(=O)(O)OCC[N+](C)(C)C. The number of allylic oxidation sites excluding steroid dienone is 18. The van der Waals surface area contributed by atoms with Crippen LogP contribution in [0.1, 0.15) is 117 Å². The molecular formula is C52H83NO10P+. The molecule has 0 aliphatic heterocycles. The van der Waals surface area contributed by atoms with Crippen LogP contribution >= 0.6 is 7.82 Å². The molecule has 0 saturated carbocycles. The molecule has 0 amide bonds. The number of unbranched alkanes of at least 4 members (excludes halogenated alkanes) is 4. The van der Waals surface area contributed by atoms with Crippen LogP contribution < -0.4 is 0 Å². The van der Waals surface area contributed by atoms with Crippen molar-refractivity contribution in [3.63, 3.8) is 0 Å². The van der Waals surface area contributed by atoms with Gasteiger partial charge in [0, 0.05) is 12.8 Å². The third kappa shape index (κ3) is 44.7. The van der Waals surface area contributed by atoms with Gasteiger partial charge in [-0.25, -0.2) is 4.57 Å². The van der Waals surface area contributed by atoms with E-state index in [9.17, 15) is 29.3 Å². The molecule has 4 atom stereocenters. The first-order valence-electron chi connectivity index (χ1n) is 23.1. The van der Waals surface area contributed by atoms with Crippen molar-refractivity contribution >= 4 is 19.8 Å². The van der Waals surface area contributed by atoms with Gasteiger partial charge in [-0.15, -0.1) is 0 Å². The number of hydrogen-bond donors (Lipinski definition) is 3. The van der Waals surface area contributed by atoms with Crippen molar-refractivity contribution in [1.82, 2.24) is 0 Å². The summed E-state index contributed by atoms with van der Waals surface area (Å²) in [6.07, 6.45) is 53.1. The predicted octanol–water partition coefficient (Wildman–Crippen LogP) is 11.4. The van der Waals surface area contributed by atoms with E-state index >= 15 is 0 Å². The lowest BCUT2D eigenvalue weighted by Crippen LogP contribution is -2.37. The van der Waals surface area contributed by atoms with Crippen molar-refractivity contribution in [3.8, 4) is 0 Å². The summed E-state index contributed by atoms with van der Waals surface area (Å²) in [6.45, 7) is 3.85. The molecule has 0 radical (unpaired) electrons. The van der Waals surface area contributed by atoms with Gasteiger partial charge in [0.1, 0.15) is 19.8 Å². The van der Waals surface area contributed by atoms with Gasteiger partial charge in [-0.1, -0.05) is 160 Å². The summed E-state index contributed by atoms with van der Waals surface area (Å²) in [6, 6.07) is 0. The minimum Gasteiger partial charge on any atom is -0.462 e. The molecule has 0 aliphatic carbocycles. The Morgan fingerprint density at radius 2 is 1.17 bits per heavy atom. The summed E-state index contributed by atoms with van der Waals surface area (Å²) in [4.78, 5) is 35.4. The molecule has 3 N–H and O–H groups in total. The minimum atomic E-state index is -4.46. The summed E-state index contributed by atoms with van der Waals surface area (Å²) in [5, 5.41) is 20.1. The lowest BCUT2D eigenvalue weighted by Gasteiger charge is -2.24. The molecule has 0 aromatic carbocycles. The second-order valence-electron chi connectivity index (χ2n) is 16.1. The van der Waals surface area contributed by atoms with Crippen LogP contribution in [-0.2, 0) is 32.7 Å². The minimum absolute atomic E-state index is 0.0258. The molecule has 0 rings (SSSR count). The highest BCUT2D eigenvalue weighted by Crippen LogP contribution is 2.43. The summed E-state index contributed by atoms with van der Waals surface area (Å²) >= 11 is 0. The van der Waals surface area contributed by atoms with Gasteiger partial charge >= 0.3 is 19.8 Å². The highest BCUT2D eigenvalue weighted by molar-refractivity contribution is 7.47. The van der Waals surface area contributed by atoms with E-state index in [1.807, 2.05) is 75.8 Å². The quantitative estimate of drug-likeness (QED) is 0.0136. The monoisotopic (exact) mass is 913 g/mol. The fraction of sp³-hybridized carbons (Fsp3) is 0.538. The molecule has 0 heterocycles. The average Bonchev–Trinajstić information content (AvgIpc) is 3.24. The largest absolute Gasteiger partial charge is 0.472 e. The van der Waals surface area contributed by atoms with Crippen molar-refractivity contribution in [2.75, 3.05) is 47.5 Å². The molecule has 0 bridgehead atoms. The Morgan fingerprint density at radius 1 is 0.594 bits per heavy atom. The zero-order valence-corrected chi connectivity index (χ0v) is 40.6. The summed E-state index contributed by atoms with van der Waals surface area (Å²) in [5.41, 5.74) is 0. The van der Waals surface area contributed by atoms with Crippen LogP contribution in [0.4, 0.5) is 0 Å². The van der Waals surface area contributed by atoms with E-state index < -0.39 is 44.7 Å². The van der Waals surface area contributed by atoms with Gasteiger partial charge in [-0.05, 0) is 77.0 Å². The van der Waals surface area contributed by atoms with Crippen LogP contribution in [0.5, 0.6) is 0 Å². The third-order valence-electron chi connectivity index (χ3n) is 8.85. The van der Waals surface area contributed by atoms with E-state index in [2.05, 4.69) is 62.5 Å². The Balaban J connectivity index is 4.73. The number of ether oxygens (including phenoxy) is 2. The lowest BCUT2D eigenvalue weighted by molar-refractivity contribution is -0.870. The molecule has 0 aromatic rings. The fourth-order valence-electron chi connectivity index (χ4n) is 5.20. The van der Waals surface area contributed by atoms with Crippen LogP contribution in [0.15, 0.2) is 134 Å². The summed E-state index contributed by atoms with van der Waals surface area (Å²) in [5.74, 6) is -1.09. The molecule has 0 saturated heterocycles. The maximum absolute atomic E-state index is 12.7. The number of phosphoric acid groups is 1. The van der Waals surface area contributed by atoms with Gasteiger partial charge in [0.05, 0.1) is 40.0 Å². The number of rotatable bonds is 39. The van der Waals surface area contributed by atoms with E-state index in [-0.39, 0.29) is 26.1 Å². The van der Waals surface area contributed by atoms with Crippen molar-refractivity contribution in [2.45, 2.75) is 135 Å². The Kier molecular flexibility index (Phi) is 39.2. The Labute approximate surface area is 386 Å². The topological polar surface area (TPSA) is 149 Å². The van der Waals surface area contributed by atoms with E-state index in [0.29, 0.717) is 43.1 Å². The number of hydrogen-bond acceptors (Lipinski definition) is 9. The summed E-state index contributed by atoms with van der Waals surface area (Å²) in [7, 11) is 1.28. The maximum Gasteiger partial charge on any atom is 0.472 e. The van der Waals surface area contributed by atoms with E-state index in [0.717, 1.165) is 32.1 Å². The van der Waals surface area contributed by atoms with Gasteiger partial charge < -0.3 is 29.1 Å². The van der Waals surface area contributed by atoms with Crippen LogP contribution in [0.25, 0.3) is 0 Å². The molecule has 1 unspecified atom stereocenters. The third-order valence-corrected chi connectivity index (χ3v) is 9.84. The number of nitrogens with zero attached hydrogens (tertiary/aromatic N) is 1. The molecule has 0 aliphatic rings. The van der Waals surface area contributed by atoms with Crippen molar-refractivity contribution in [1.29, 1.82) is 0 Å². The second kappa shape index (κ2) is 41.8. The fourth-order valence-corrected chi connectivity index (χ4v) is 5.95. The van der Waals surface area contributed by atoms with Crippen molar-refractivity contribution < 1.29 is 52.3 Å². The number of esters is 2. The Morgan fingerprint density at radius 3 is 1.78 bits per heavy atom. The van der Waals surface area contributed by atoms with Crippen LogP contribution in [-0.4, -0.2) is 97.3 Å². The lowest BCUT2D eigenvalue weighted by atomic mass is 10.2. The van der Waals surface area contributed by atoms with Crippen LogP contribution in [0.3, 0.4) is 0 Å². The number of carbonyl (C=O) groups excluding carboxylic acids is 2. The molecule has 0 aromatic heterocycles. The first-order valence-corrected chi connectivity index (χ1v) is 24.6. The molecule has 360 valence electrons. The highest BCUT2D eigenvalue weighted by Gasteiger charge is 2.27. The number of aliphatic hydroxyl groups is 2. The molecule has 64 heavy (non-hydrogen) atoms. The van der Waals surface area contributed by atoms with E-state index in [1.54, 1.807) is 30.4 Å².